The molecule has 0 aliphatic rings. The highest BCUT2D eigenvalue weighted by atomic mass is 19.1. The molecule has 8 rings (SSSR count). The normalized spacial score (nSPS) is 12.7. The number of aliphatic hydroxyl groups is 3. The molecule has 8 aromatic rings. The minimum atomic E-state index is -0.971. The van der Waals surface area contributed by atoms with Crippen LogP contribution in [0.15, 0.2) is 85.7 Å². The van der Waals surface area contributed by atoms with E-state index in [1.54, 1.807) is 76.9 Å². The van der Waals surface area contributed by atoms with Crippen molar-refractivity contribution < 1.29 is 57.3 Å². The van der Waals surface area contributed by atoms with Crippen LogP contribution in [0.3, 0.4) is 0 Å². The summed E-state index contributed by atoms with van der Waals surface area (Å²) in [6.45, 7) is 12.4. The van der Waals surface area contributed by atoms with Gasteiger partial charge in [0.05, 0.1) is 146 Å². The van der Waals surface area contributed by atoms with Gasteiger partial charge in [-0.25, -0.2) is 28.7 Å². The number of methoxy groups -OCH3 is 4. The second-order valence-electron chi connectivity index (χ2n) is 18.9. The Morgan fingerprint density at radius 2 is 1.04 bits per heavy atom. The van der Waals surface area contributed by atoms with Crippen LogP contribution in [0.2, 0.25) is 0 Å². The van der Waals surface area contributed by atoms with Crippen LogP contribution in [-0.2, 0) is 33.7 Å². The Morgan fingerprint density at radius 1 is 0.551 bits per heavy atom. The Kier molecular flexibility index (Phi) is 20.3. The van der Waals surface area contributed by atoms with Crippen molar-refractivity contribution in [2.24, 2.45) is 0 Å². The third-order valence-corrected chi connectivity index (χ3v) is 11.7. The lowest BCUT2D eigenvalue weighted by Crippen LogP contribution is -2.33. The van der Waals surface area contributed by atoms with E-state index in [-0.39, 0.29) is 74.8 Å². The summed E-state index contributed by atoms with van der Waals surface area (Å²) in [6.07, 6.45) is 7.94. The summed E-state index contributed by atoms with van der Waals surface area (Å²) < 4.78 is 71.2. The third-order valence-electron chi connectivity index (χ3n) is 11.7. The Labute approximate surface area is 450 Å². The molecule has 0 fully saturated rings. The zero-order valence-electron chi connectivity index (χ0n) is 45.4. The molecule has 0 radical (unpaired) electrons. The van der Waals surface area contributed by atoms with Crippen molar-refractivity contribution in [3.63, 3.8) is 0 Å². The maximum atomic E-state index is 15.6. The summed E-state index contributed by atoms with van der Waals surface area (Å²) in [5.74, 6) is 0.179. The summed E-state index contributed by atoms with van der Waals surface area (Å²) in [5.41, 5.74) is 5.54. The predicted molar refractivity (Wildman–Crippen MR) is 287 cm³/mol. The maximum Gasteiger partial charge on any atom is 0.188 e. The summed E-state index contributed by atoms with van der Waals surface area (Å²) in [5, 5.41) is 39.9. The molecule has 0 spiro atoms. The number of aromatic nitrogens is 10. The van der Waals surface area contributed by atoms with E-state index < -0.39 is 29.9 Å². The fourth-order valence-electron chi connectivity index (χ4n) is 7.81. The molecule has 21 nitrogen and oxygen atoms in total. The lowest BCUT2D eigenvalue weighted by Gasteiger charge is -2.28. The average Bonchev–Trinajstić information content (AvgIpc) is 4.11. The molecule has 0 aliphatic carbocycles. The number of pyridine rings is 2. The highest BCUT2D eigenvalue weighted by Crippen LogP contribution is 2.37. The summed E-state index contributed by atoms with van der Waals surface area (Å²) in [4.78, 5) is 29.1. The number of hydrogen-bond acceptors (Lipinski definition) is 19. The van der Waals surface area contributed by atoms with Crippen LogP contribution in [0.5, 0.6) is 23.0 Å². The van der Waals surface area contributed by atoms with Gasteiger partial charge >= 0.3 is 0 Å². The van der Waals surface area contributed by atoms with Crippen LogP contribution in [0.1, 0.15) is 52.8 Å². The third kappa shape index (κ3) is 15.6. The van der Waals surface area contributed by atoms with Crippen molar-refractivity contribution in [3.05, 3.63) is 109 Å². The van der Waals surface area contributed by atoms with Gasteiger partial charge in [-0.2, -0.15) is 10.2 Å². The molecule has 0 amide bonds. The van der Waals surface area contributed by atoms with Gasteiger partial charge < -0.3 is 53.4 Å². The van der Waals surface area contributed by atoms with Crippen LogP contribution in [0.25, 0.3) is 44.8 Å². The lowest BCUT2D eigenvalue weighted by atomic mass is 10.1. The molecule has 3 N–H and O–H groups in total. The van der Waals surface area contributed by atoms with Gasteiger partial charge in [0.25, 0.3) is 0 Å². The Hall–Kier alpha value is -7.54. The van der Waals surface area contributed by atoms with Crippen molar-refractivity contribution >= 4 is 33.8 Å². The highest BCUT2D eigenvalue weighted by molar-refractivity contribution is 5.77. The first-order valence-corrected chi connectivity index (χ1v) is 25.2. The molecule has 6 heterocycles. The monoisotopic (exact) mass is 1080 g/mol. The molecular formula is C55H67F2N11O10. The number of ether oxygens (including phenoxy) is 7. The minimum Gasteiger partial charge on any atom is -0.497 e. The molecule has 0 bridgehead atoms. The molecule has 416 valence electrons. The molecule has 23 heteroatoms. The van der Waals surface area contributed by atoms with Crippen molar-refractivity contribution in [3.8, 4) is 45.5 Å². The molecule has 3 atom stereocenters. The molecule has 0 saturated carbocycles. The van der Waals surface area contributed by atoms with Gasteiger partial charge in [-0.15, -0.1) is 0 Å². The van der Waals surface area contributed by atoms with Crippen molar-refractivity contribution in [2.45, 2.75) is 97.7 Å². The van der Waals surface area contributed by atoms with Gasteiger partial charge in [0, 0.05) is 59.4 Å². The van der Waals surface area contributed by atoms with Crippen LogP contribution in [0, 0.1) is 11.6 Å². The Morgan fingerprint density at radius 3 is 1.55 bits per heavy atom. The standard InChI is InChI=1S/C30H39FN6O6.C25H28FN5O4/c1-18(2)42-16-21(38)14-36-13-20(11-33-36)25-12-32-24-7-8-28(35-30(24)34-25)37(15-22(39)17-43-19(3)4)26-9-23(40-5)10-27(41-6)29(26)31;1-15(2)35-14-19(32)13-31-12-17(10-28-31)22-11-27-21-6-5-18(29-25(21)30-22)7-16-8-20(33-3)9-23(34-4)24(16)26/h7-13,18-19,21-22,38-39H,14-17H2,1-6H3;5-6,8-12,15,19,32H,7,13-14H2,1-4H3. The zero-order valence-corrected chi connectivity index (χ0v) is 45.4. The van der Waals surface area contributed by atoms with Gasteiger partial charge in [-0.3, -0.25) is 19.3 Å². The van der Waals surface area contributed by atoms with E-state index >= 15 is 4.39 Å². The number of hydrogen-bond donors (Lipinski definition) is 3. The van der Waals surface area contributed by atoms with Gasteiger partial charge in [-0.1, -0.05) is 0 Å². The number of aliphatic hydroxyl groups excluding tert-OH is 3. The zero-order chi connectivity index (χ0) is 56.0. The first-order chi connectivity index (χ1) is 37.4. The second kappa shape index (κ2) is 27.2. The van der Waals surface area contributed by atoms with Gasteiger partial charge in [0.15, 0.2) is 34.4 Å². The lowest BCUT2D eigenvalue weighted by molar-refractivity contribution is -0.00201. The van der Waals surface area contributed by atoms with Crippen LogP contribution in [-0.4, -0.2) is 156 Å². The van der Waals surface area contributed by atoms with E-state index in [1.807, 2.05) is 41.5 Å². The van der Waals surface area contributed by atoms with Crippen LogP contribution >= 0.6 is 0 Å². The van der Waals surface area contributed by atoms with Gasteiger partial charge in [-0.05, 0) is 71.9 Å². The summed E-state index contributed by atoms with van der Waals surface area (Å²) >= 11 is 0. The highest BCUT2D eigenvalue weighted by Gasteiger charge is 2.24. The van der Waals surface area contributed by atoms with E-state index in [0.717, 1.165) is 5.56 Å². The number of anilines is 2. The SMILES string of the molecule is COc1cc(Cc2ccc3ncc(-c4cnn(CC(O)COC(C)C)c4)nc3n2)c(F)c(OC)c1.COc1cc(OC)c(F)c(N(CC(O)COC(C)C)c2ccc3ncc(-c4cnn(CC(O)COC(C)C)c4)nc3n2)c1. The van der Waals surface area contributed by atoms with E-state index in [1.165, 1.54) is 51.5 Å². The molecule has 2 aromatic carbocycles. The first-order valence-electron chi connectivity index (χ1n) is 25.2. The van der Waals surface area contributed by atoms with Crippen molar-refractivity contribution in [2.75, 3.05) is 59.7 Å². The largest absolute Gasteiger partial charge is 0.497 e. The molecule has 6 aromatic heterocycles. The molecular weight excluding hydrogens is 1010 g/mol. The Balaban J connectivity index is 0.000000231. The smallest absolute Gasteiger partial charge is 0.188 e. The first kappa shape index (κ1) is 58.1. The van der Waals surface area contributed by atoms with E-state index in [2.05, 4.69) is 30.1 Å². The fraction of sp³-hybridized carbons (Fsp3) is 0.418. The van der Waals surface area contributed by atoms with E-state index in [9.17, 15) is 19.7 Å². The molecule has 3 unspecified atom stereocenters. The number of benzene rings is 2. The second-order valence-corrected chi connectivity index (χ2v) is 18.9. The van der Waals surface area contributed by atoms with Gasteiger partial charge in [0.1, 0.15) is 28.4 Å². The van der Waals surface area contributed by atoms with E-state index in [0.29, 0.717) is 74.4 Å². The summed E-state index contributed by atoms with van der Waals surface area (Å²) in [6, 6.07) is 13.1. The van der Waals surface area contributed by atoms with Crippen molar-refractivity contribution in [1.82, 2.24) is 49.5 Å². The average molecular weight is 1080 g/mol. The van der Waals surface area contributed by atoms with Crippen LogP contribution in [0.4, 0.5) is 20.3 Å². The van der Waals surface area contributed by atoms with E-state index in [4.69, 9.17) is 43.1 Å². The molecule has 78 heavy (non-hydrogen) atoms. The number of fused-ring (bicyclic) bond motifs is 2. The molecule has 0 aliphatic heterocycles. The number of nitrogens with zero attached hydrogens (tertiary/aromatic N) is 11. The maximum absolute atomic E-state index is 15.6. The fourth-order valence-corrected chi connectivity index (χ4v) is 7.81. The van der Waals surface area contributed by atoms with Crippen molar-refractivity contribution in [1.29, 1.82) is 0 Å². The van der Waals surface area contributed by atoms with Gasteiger partial charge in [0.2, 0.25) is 0 Å². The summed E-state index contributed by atoms with van der Waals surface area (Å²) in [7, 11) is 5.77. The Bertz CT molecular complexity index is 3230. The van der Waals surface area contributed by atoms with Crippen LogP contribution < -0.4 is 23.8 Å². The molecule has 0 saturated heterocycles. The minimum absolute atomic E-state index is 0.0168. The quantitative estimate of drug-likeness (QED) is 0.0513. The number of halogens is 2. The predicted octanol–water partition coefficient (Wildman–Crippen LogP) is 7.18. The number of rotatable bonds is 25. The topological polar surface area (TPSA) is 242 Å².